The second kappa shape index (κ2) is 7.61. The van der Waals surface area contributed by atoms with Crippen LogP contribution in [0.3, 0.4) is 0 Å². The number of pyridine rings is 2. The maximum atomic E-state index is 12.3. The molecule has 8 nitrogen and oxygen atoms in total. The van der Waals surface area contributed by atoms with Gasteiger partial charge in [-0.3, -0.25) is 9.78 Å². The van der Waals surface area contributed by atoms with E-state index in [1.54, 1.807) is 42.7 Å². The molecule has 25 heavy (non-hydrogen) atoms. The molecule has 0 atom stereocenters. The first-order valence-corrected chi connectivity index (χ1v) is 8.05. The predicted molar refractivity (Wildman–Crippen MR) is 92.7 cm³/mol. The Balaban J connectivity index is 1.65. The minimum atomic E-state index is -0.889. The third-order valence-electron chi connectivity index (χ3n) is 4.06. The van der Waals surface area contributed by atoms with E-state index >= 15 is 0 Å². The predicted octanol–water partition coefficient (Wildman–Crippen LogP) is 2.28. The smallest absolute Gasteiger partial charge is 0.407 e. The lowest BCUT2D eigenvalue weighted by Crippen LogP contribution is -2.41. The lowest BCUT2D eigenvalue weighted by Gasteiger charge is -2.31. The van der Waals surface area contributed by atoms with E-state index in [-0.39, 0.29) is 11.9 Å². The van der Waals surface area contributed by atoms with Crippen LogP contribution in [-0.2, 0) is 0 Å². The van der Waals surface area contributed by atoms with Crippen LogP contribution < -0.4 is 10.6 Å². The Morgan fingerprint density at radius 1 is 1.08 bits per heavy atom. The topological polar surface area (TPSA) is 107 Å². The maximum absolute atomic E-state index is 12.3. The van der Waals surface area contributed by atoms with E-state index in [2.05, 4.69) is 20.6 Å². The van der Waals surface area contributed by atoms with Gasteiger partial charge in [-0.05, 0) is 37.1 Å². The van der Waals surface area contributed by atoms with E-state index in [0.717, 1.165) is 0 Å². The summed E-state index contributed by atoms with van der Waals surface area (Å²) < 4.78 is 0. The second-order valence-electron chi connectivity index (χ2n) is 5.76. The van der Waals surface area contributed by atoms with Crippen molar-refractivity contribution in [2.75, 3.05) is 23.7 Å². The van der Waals surface area contributed by atoms with Crippen molar-refractivity contribution in [1.29, 1.82) is 0 Å². The van der Waals surface area contributed by atoms with Gasteiger partial charge in [0.05, 0.1) is 5.69 Å². The summed E-state index contributed by atoms with van der Waals surface area (Å²) in [5.41, 5.74) is 0.894. The molecule has 2 aromatic heterocycles. The average molecular weight is 341 g/mol. The Morgan fingerprint density at radius 3 is 2.52 bits per heavy atom. The maximum Gasteiger partial charge on any atom is 0.407 e. The molecule has 0 bridgehead atoms. The van der Waals surface area contributed by atoms with Gasteiger partial charge in [-0.1, -0.05) is 6.07 Å². The van der Waals surface area contributed by atoms with Gasteiger partial charge in [0.25, 0.3) is 5.91 Å². The number of hydrogen-bond acceptors (Lipinski definition) is 5. The highest BCUT2D eigenvalue weighted by molar-refractivity contribution is 6.04. The molecule has 3 heterocycles. The minimum Gasteiger partial charge on any atom is -0.465 e. The molecule has 8 heteroatoms. The average Bonchev–Trinajstić information content (AvgIpc) is 2.64. The van der Waals surface area contributed by atoms with E-state index in [4.69, 9.17) is 5.11 Å². The quantitative estimate of drug-likeness (QED) is 0.787. The van der Waals surface area contributed by atoms with Gasteiger partial charge in [-0.15, -0.1) is 0 Å². The summed E-state index contributed by atoms with van der Waals surface area (Å²) in [5.74, 6) is 0.262. The summed E-state index contributed by atoms with van der Waals surface area (Å²) in [4.78, 5) is 33.0. The van der Waals surface area contributed by atoms with Crippen molar-refractivity contribution in [2.45, 2.75) is 18.9 Å². The number of anilines is 2. The Kier molecular flexibility index (Phi) is 5.08. The number of carboxylic acid groups (broad SMARTS) is 1. The van der Waals surface area contributed by atoms with Crippen LogP contribution in [0.2, 0.25) is 0 Å². The highest BCUT2D eigenvalue weighted by Crippen LogP contribution is 2.22. The van der Waals surface area contributed by atoms with Crippen molar-refractivity contribution >= 4 is 23.5 Å². The monoisotopic (exact) mass is 341 g/mol. The molecule has 1 fully saturated rings. The molecule has 1 aliphatic rings. The van der Waals surface area contributed by atoms with Crippen LogP contribution in [0.25, 0.3) is 0 Å². The molecule has 0 aromatic carbocycles. The van der Waals surface area contributed by atoms with Crippen molar-refractivity contribution < 1.29 is 14.7 Å². The van der Waals surface area contributed by atoms with Crippen LogP contribution in [0.5, 0.6) is 0 Å². The van der Waals surface area contributed by atoms with Crippen molar-refractivity contribution in [1.82, 2.24) is 14.9 Å². The van der Waals surface area contributed by atoms with Gasteiger partial charge in [0.1, 0.15) is 11.5 Å². The van der Waals surface area contributed by atoms with E-state index in [1.165, 1.54) is 4.90 Å². The first-order valence-electron chi connectivity index (χ1n) is 8.05. The molecule has 0 unspecified atom stereocenters. The molecule has 2 amide bonds. The molecular weight excluding hydrogens is 322 g/mol. The van der Waals surface area contributed by atoms with Gasteiger partial charge in [-0.25, -0.2) is 9.78 Å². The lowest BCUT2D eigenvalue weighted by atomic mass is 10.1. The number of piperidine rings is 1. The van der Waals surface area contributed by atoms with Crippen LogP contribution >= 0.6 is 0 Å². The number of aromatic nitrogens is 2. The molecular formula is C17H19N5O3. The molecule has 0 saturated carbocycles. The summed E-state index contributed by atoms with van der Waals surface area (Å²) in [6.07, 6.45) is 3.70. The number of likely N-dealkylation sites (tertiary alicyclic amines) is 1. The molecule has 3 rings (SSSR count). The van der Waals surface area contributed by atoms with Gasteiger partial charge in [0, 0.05) is 31.5 Å². The fourth-order valence-electron chi connectivity index (χ4n) is 2.71. The fraction of sp³-hybridized carbons (Fsp3) is 0.294. The molecule has 1 saturated heterocycles. The summed E-state index contributed by atoms with van der Waals surface area (Å²) in [6.45, 7) is 0.963. The van der Waals surface area contributed by atoms with E-state index in [9.17, 15) is 9.59 Å². The van der Waals surface area contributed by atoms with Crippen LogP contribution in [0.4, 0.5) is 16.3 Å². The molecule has 0 aliphatic carbocycles. The van der Waals surface area contributed by atoms with Crippen LogP contribution in [0.1, 0.15) is 23.3 Å². The van der Waals surface area contributed by atoms with Crippen LogP contribution in [-0.4, -0.2) is 51.1 Å². The SMILES string of the molecule is O=C(Nc1cccnc1NC1CCN(C(=O)O)CC1)c1ccccn1. The van der Waals surface area contributed by atoms with E-state index in [1.807, 2.05) is 0 Å². The van der Waals surface area contributed by atoms with E-state index < -0.39 is 6.09 Å². The highest BCUT2D eigenvalue weighted by Gasteiger charge is 2.23. The van der Waals surface area contributed by atoms with Crippen molar-refractivity contribution in [2.24, 2.45) is 0 Å². The summed E-state index contributed by atoms with van der Waals surface area (Å²) in [6, 6.07) is 8.75. The Bertz CT molecular complexity index is 745. The van der Waals surface area contributed by atoms with Crippen LogP contribution in [0, 0.1) is 0 Å². The number of carbonyl (C=O) groups is 2. The molecule has 0 spiro atoms. The first kappa shape index (κ1) is 16.7. The molecule has 1 aliphatic heterocycles. The van der Waals surface area contributed by atoms with Crippen molar-refractivity contribution in [3.8, 4) is 0 Å². The molecule has 3 N–H and O–H groups in total. The number of rotatable bonds is 4. The van der Waals surface area contributed by atoms with Gasteiger partial charge >= 0.3 is 6.09 Å². The molecule has 2 aromatic rings. The molecule has 130 valence electrons. The highest BCUT2D eigenvalue weighted by atomic mass is 16.4. The Morgan fingerprint density at radius 2 is 1.84 bits per heavy atom. The standard InChI is InChI=1S/C17H19N5O3/c23-16(14-4-1-2-8-18-14)21-13-5-3-9-19-15(13)20-12-6-10-22(11-7-12)17(24)25/h1-5,8-9,12H,6-7,10-11H2,(H,19,20)(H,21,23)(H,24,25). The summed E-state index contributed by atoms with van der Waals surface area (Å²) in [7, 11) is 0. The number of hydrogen-bond donors (Lipinski definition) is 3. The normalized spacial score (nSPS) is 14.8. The third kappa shape index (κ3) is 4.23. The van der Waals surface area contributed by atoms with Crippen LogP contribution in [0.15, 0.2) is 42.7 Å². The van der Waals surface area contributed by atoms with Gasteiger partial charge < -0.3 is 20.6 Å². The Labute approximate surface area is 144 Å². The summed E-state index contributed by atoms with van der Waals surface area (Å²) >= 11 is 0. The van der Waals surface area contributed by atoms with Gasteiger partial charge in [0.15, 0.2) is 0 Å². The van der Waals surface area contributed by atoms with Crippen molar-refractivity contribution in [3.63, 3.8) is 0 Å². The second-order valence-corrected chi connectivity index (χ2v) is 5.76. The largest absolute Gasteiger partial charge is 0.465 e. The Hall–Kier alpha value is -3.16. The number of nitrogens with one attached hydrogen (secondary N) is 2. The zero-order valence-electron chi connectivity index (χ0n) is 13.6. The van der Waals surface area contributed by atoms with Crippen molar-refractivity contribution in [3.05, 3.63) is 48.4 Å². The number of carbonyl (C=O) groups excluding carboxylic acids is 1. The first-order chi connectivity index (χ1) is 12.1. The minimum absolute atomic E-state index is 0.107. The number of amides is 2. The zero-order valence-corrected chi connectivity index (χ0v) is 13.6. The summed E-state index contributed by atoms with van der Waals surface area (Å²) in [5, 5.41) is 15.1. The third-order valence-corrected chi connectivity index (χ3v) is 4.06. The van der Waals surface area contributed by atoms with Gasteiger partial charge in [0.2, 0.25) is 0 Å². The number of nitrogens with zero attached hydrogens (tertiary/aromatic N) is 3. The van der Waals surface area contributed by atoms with E-state index in [0.29, 0.717) is 43.1 Å². The fourth-order valence-corrected chi connectivity index (χ4v) is 2.71. The zero-order chi connectivity index (χ0) is 17.6. The lowest BCUT2D eigenvalue weighted by molar-refractivity contribution is 0.102. The molecule has 0 radical (unpaired) electrons. The van der Waals surface area contributed by atoms with Gasteiger partial charge in [-0.2, -0.15) is 0 Å².